The van der Waals surface area contributed by atoms with Crippen LogP contribution < -0.4 is 0 Å². The predicted molar refractivity (Wildman–Crippen MR) is 200 cm³/mol. The smallest absolute Gasteiger partial charge is 0.138 e. The molecule has 7 aromatic carbocycles. The van der Waals surface area contributed by atoms with Crippen LogP contribution in [0.15, 0.2) is 174 Å². The maximum absolute atomic E-state index is 6.11. The number of fused-ring (bicyclic) bond motifs is 7. The van der Waals surface area contributed by atoms with Gasteiger partial charge in [0.2, 0.25) is 0 Å². The molecule has 0 aliphatic carbocycles. The van der Waals surface area contributed by atoms with Gasteiger partial charge in [0.05, 0.1) is 16.6 Å². The van der Waals surface area contributed by atoms with Crippen molar-refractivity contribution in [3.05, 3.63) is 170 Å². The van der Waals surface area contributed by atoms with Crippen LogP contribution in [0.25, 0.3) is 93.8 Å². The summed E-state index contributed by atoms with van der Waals surface area (Å²) in [5.41, 5.74) is 12.1. The highest BCUT2D eigenvalue weighted by Gasteiger charge is 2.17. The van der Waals surface area contributed by atoms with Crippen LogP contribution in [0.5, 0.6) is 0 Å². The van der Waals surface area contributed by atoms with Crippen molar-refractivity contribution in [2.45, 2.75) is 0 Å². The first-order chi connectivity index (χ1) is 23.8. The highest BCUT2D eigenvalue weighted by atomic mass is 16.3. The largest absolute Gasteiger partial charge is 0.456 e. The van der Waals surface area contributed by atoms with Crippen molar-refractivity contribution in [1.82, 2.24) is 9.55 Å². The van der Waals surface area contributed by atoms with Crippen LogP contribution in [0.2, 0.25) is 0 Å². The lowest BCUT2D eigenvalue weighted by molar-refractivity contribution is 0.669. The molecule has 0 atom stereocenters. The second-order valence-corrected chi connectivity index (χ2v) is 12.4. The minimum atomic E-state index is 0.904. The van der Waals surface area contributed by atoms with Crippen molar-refractivity contribution in [1.29, 1.82) is 0 Å². The summed E-state index contributed by atoms with van der Waals surface area (Å²) in [6.07, 6.45) is 0. The Morgan fingerprint density at radius 1 is 0.375 bits per heavy atom. The molecule has 0 spiro atoms. The molecular weight excluding hydrogens is 585 g/mol. The van der Waals surface area contributed by atoms with Gasteiger partial charge in [0, 0.05) is 26.9 Å². The number of aromatic nitrogens is 2. The number of para-hydroxylation sites is 3. The Hall–Kier alpha value is -6.45. The van der Waals surface area contributed by atoms with E-state index in [0.717, 1.165) is 55.3 Å². The van der Waals surface area contributed by atoms with Gasteiger partial charge in [0.15, 0.2) is 0 Å². The highest BCUT2D eigenvalue weighted by Crippen LogP contribution is 2.39. The van der Waals surface area contributed by atoms with Crippen LogP contribution >= 0.6 is 0 Å². The number of benzene rings is 7. The van der Waals surface area contributed by atoms with E-state index in [4.69, 9.17) is 9.40 Å². The Labute approximate surface area is 277 Å². The lowest BCUT2D eigenvalue weighted by Gasteiger charge is -2.13. The van der Waals surface area contributed by atoms with Crippen molar-refractivity contribution in [2.24, 2.45) is 0 Å². The number of nitrogens with zero attached hydrogens (tertiary/aromatic N) is 2. The first-order valence-corrected chi connectivity index (χ1v) is 16.3. The van der Waals surface area contributed by atoms with Crippen LogP contribution in [-0.4, -0.2) is 9.55 Å². The van der Waals surface area contributed by atoms with E-state index in [2.05, 4.69) is 162 Å². The van der Waals surface area contributed by atoms with E-state index >= 15 is 0 Å². The van der Waals surface area contributed by atoms with Crippen LogP contribution in [-0.2, 0) is 0 Å². The zero-order chi connectivity index (χ0) is 31.6. The zero-order valence-electron chi connectivity index (χ0n) is 26.0. The third-order valence-corrected chi connectivity index (χ3v) is 9.62. The van der Waals surface area contributed by atoms with Gasteiger partial charge >= 0.3 is 0 Å². The Kier molecular flexibility index (Phi) is 5.87. The average molecular weight is 613 g/mol. The van der Waals surface area contributed by atoms with Crippen molar-refractivity contribution in [2.75, 3.05) is 0 Å². The topological polar surface area (TPSA) is 31.0 Å². The van der Waals surface area contributed by atoms with Gasteiger partial charge < -0.3 is 4.42 Å². The number of pyridine rings is 1. The molecule has 3 heterocycles. The predicted octanol–water partition coefficient (Wildman–Crippen LogP) is 12.2. The maximum Gasteiger partial charge on any atom is 0.138 e. The molecule has 224 valence electrons. The minimum absolute atomic E-state index is 0.904. The Morgan fingerprint density at radius 3 is 1.81 bits per heavy atom. The van der Waals surface area contributed by atoms with Gasteiger partial charge in [-0.25, -0.2) is 4.98 Å². The van der Waals surface area contributed by atoms with Crippen LogP contribution in [0.4, 0.5) is 0 Å². The molecule has 10 aromatic rings. The molecule has 0 aliphatic heterocycles. The SMILES string of the molecule is c1ccc(-c2ccc(-c3cc(-n4c5ccccc5c5cc(-c6ccc7oc8ccccc8c7c6)ccc54)nc4ccccc34)cc2)cc1. The van der Waals surface area contributed by atoms with Gasteiger partial charge in [0.25, 0.3) is 0 Å². The van der Waals surface area contributed by atoms with E-state index in [1.165, 1.54) is 38.6 Å². The molecule has 0 saturated carbocycles. The molecule has 0 aliphatic rings. The van der Waals surface area contributed by atoms with Crippen molar-refractivity contribution >= 4 is 54.6 Å². The van der Waals surface area contributed by atoms with Crippen LogP contribution in [0, 0.1) is 0 Å². The van der Waals surface area contributed by atoms with E-state index in [1.807, 2.05) is 12.1 Å². The second kappa shape index (κ2) is 10.5. The molecule has 0 radical (unpaired) electrons. The van der Waals surface area contributed by atoms with Crippen LogP contribution in [0.3, 0.4) is 0 Å². The summed E-state index contributed by atoms with van der Waals surface area (Å²) in [7, 11) is 0. The molecule has 0 bridgehead atoms. The maximum atomic E-state index is 6.11. The summed E-state index contributed by atoms with van der Waals surface area (Å²) in [6.45, 7) is 0. The fourth-order valence-electron chi connectivity index (χ4n) is 7.29. The fourth-order valence-corrected chi connectivity index (χ4v) is 7.29. The minimum Gasteiger partial charge on any atom is -0.456 e. The van der Waals surface area contributed by atoms with E-state index in [9.17, 15) is 0 Å². The van der Waals surface area contributed by atoms with E-state index in [0.29, 0.717) is 0 Å². The van der Waals surface area contributed by atoms with E-state index < -0.39 is 0 Å². The van der Waals surface area contributed by atoms with E-state index in [-0.39, 0.29) is 0 Å². The van der Waals surface area contributed by atoms with Crippen molar-refractivity contribution in [3.63, 3.8) is 0 Å². The van der Waals surface area contributed by atoms with Gasteiger partial charge in [-0.1, -0.05) is 121 Å². The van der Waals surface area contributed by atoms with E-state index in [1.54, 1.807) is 0 Å². The monoisotopic (exact) mass is 612 g/mol. The quantitative estimate of drug-likeness (QED) is 0.198. The summed E-state index contributed by atoms with van der Waals surface area (Å²) < 4.78 is 8.43. The molecule has 0 N–H and O–H groups in total. The standard InChI is InChI=1S/C45H28N2O/c1-2-10-29(11-3-1)30-18-20-31(21-19-30)37-28-45(46-40-15-7-4-12-34(37)40)47-41-16-8-5-13-35(41)38-26-32(22-24-42(38)47)33-23-25-44-39(27-33)36-14-6-9-17-43(36)48-44/h1-28H. The molecule has 0 saturated heterocycles. The zero-order valence-corrected chi connectivity index (χ0v) is 26.0. The summed E-state index contributed by atoms with van der Waals surface area (Å²) >= 11 is 0. The van der Waals surface area contributed by atoms with Crippen molar-refractivity contribution < 1.29 is 4.42 Å². The first kappa shape index (κ1) is 26.7. The summed E-state index contributed by atoms with van der Waals surface area (Å²) in [5.74, 6) is 0.904. The Bertz CT molecular complexity index is 2820. The molecular formula is C45H28N2O. The van der Waals surface area contributed by atoms with Gasteiger partial charge in [-0.3, -0.25) is 4.57 Å². The molecule has 0 fully saturated rings. The van der Waals surface area contributed by atoms with Gasteiger partial charge in [-0.2, -0.15) is 0 Å². The molecule has 0 unspecified atom stereocenters. The fraction of sp³-hybridized carbons (Fsp3) is 0. The third-order valence-electron chi connectivity index (χ3n) is 9.62. The lowest BCUT2D eigenvalue weighted by atomic mass is 9.98. The molecule has 3 nitrogen and oxygen atoms in total. The summed E-state index contributed by atoms with van der Waals surface area (Å²) in [4.78, 5) is 5.26. The molecule has 10 rings (SSSR count). The summed E-state index contributed by atoms with van der Waals surface area (Å²) in [5, 5.41) is 5.81. The first-order valence-electron chi connectivity index (χ1n) is 16.3. The lowest BCUT2D eigenvalue weighted by Crippen LogP contribution is -1.99. The Balaban J connectivity index is 1.15. The highest BCUT2D eigenvalue weighted by molar-refractivity contribution is 6.11. The number of rotatable bonds is 4. The average Bonchev–Trinajstić information content (AvgIpc) is 3.70. The number of hydrogen-bond donors (Lipinski definition) is 0. The molecule has 0 amide bonds. The molecule has 3 aromatic heterocycles. The Morgan fingerprint density at radius 2 is 0.958 bits per heavy atom. The van der Waals surface area contributed by atoms with Gasteiger partial charge in [0.1, 0.15) is 17.0 Å². The van der Waals surface area contributed by atoms with Gasteiger partial charge in [-0.05, 0) is 81.9 Å². The number of hydrogen-bond acceptors (Lipinski definition) is 2. The normalized spacial score (nSPS) is 11.8. The van der Waals surface area contributed by atoms with Gasteiger partial charge in [-0.15, -0.1) is 0 Å². The second-order valence-electron chi connectivity index (χ2n) is 12.4. The third kappa shape index (κ3) is 4.18. The van der Waals surface area contributed by atoms with Crippen molar-refractivity contribution in [3.8, 4) is 39.2 Å². The summed E-state index contributed by atoms with van der Waals surface area (Å²) in [6, 6.07) is 60.3. The number of furan rings is 1. The van der Waals surface area contributed by atoms with Crippen LogP contribution in [0.1, 0.15) is 0 Å². The molecule has 48 heavy (non-hydrogen) atoms. The molecule has 3 heteroatoms.